The molecule has 0 unspecified atom stereocenters. The number of hydrogen-bond donors (Lipinski definition) is 1. The standard InChI is InChI=1S/C28H33FN4O3S/c29-20-17-24-26(30-18-20)32(23-13-15-37-16-14-23)28(36)33(27(24)35)22-11-9-21(10-12-22)31-25(34)8-4-7-19-5-2-1-3-6-19/h1-3,5-6,17-18,21-23H,4,7-16H2,(H,31,34). The highest BCUT2D eigenvalue weighted by atomic mass is 32.2. The van der Waals surface area contributed by atoms with E-state index in [0.29, 0.717) is 32.1 Å². The Bertz CT molecular complexity index is 1360. The molecule has 7 nitrogen and oxygen atoms in total. The van der Waals surface area contributed by atoms with Crippen LogP contribution in [0.15, 0.2) is 52.2 Å². The highest BCUT2D eigenvalue weighted by Gasteiger charge is 2.29. The molecule has 1 aliphatic heterocycles. The van der Waals surface area contributed by atoms with Gasteiger partial charge in [-0.2, -0.15) is 11.8 Å². The van der Waals surface area contributed by atoms with E-state index in [4.69, 9.17) is 0 Å². The summed E-state index contributed by atoms with van der Waals surface area (Å²) in [5.41, 5.74) is 0.689. The summed E-state index contributed by atoms with van der Waals surface area (Å²) in [6.45, 7) is 0. The van der Waals surface area contributed by atoms with Gasteiger partial charge in [0, 0.05) is 24.5 Å². The molecular formula is C28H33FN4O3S. The predicted octanol–water partition coefficient (Wildman–Crippen LogP) is 4.39. The molecule has 0 bridgehead atoms. The van der Waals surface area contributed by atoms with Gasteiger partial charge in [0.1, 0.15) is 11.5 Å². The number of amides is 1. The summed E-state index contributed by atoms with van der Waals surface area (Å²) in [5.74, 6) is 1.34. The normalized spacial score (nSPS) is 20.7. The van der Waals surface area contributed by atoms with Crippen molar-refractivity contribution in [2.24, 2.45) is 0 Å². The molecule has 9 heteroatoms. The Morgan fingerprint density at radius 1 is 1.00 bits per heavy atom. The summed E-state index contributed by atoms with van der Waals surface area (Å²) in [7, 11) is 0. The van der Waals surface area contributed by atoms with Crippen LogP contribution in [0.5, 0.6) is 0 Å². The van der Waals surface area contributed by atoms with Gasteiger partial charge >= 0.3 is 5.69 Å². The van der Waals surface area contributed by atoms with Gasteiger partial charge in [-0.3, -0.25) is 18.7 Å². The van der Waals surface area contributed by atoms with Gasteiger partial charge < -0.3 is 5.32 Å². The first-order valence-electron chi connectivity index (χ1n) is 13.2. The van der Waals surface area contributed by atoms with Crippen LogP contribution >= 0.6 is 11.8 Å². The van der Waals surface area contributed by atoms with Gasteiger partial charge in [-0.05, 0) is 74.5 Å². The molecule has 2 aliphatic rings. The number of hydrogen-bond acceptors (Lipinski definition) is 5. The Kier molecular flexibility index (Phi) is 8.08. The van der Waals surface area contributed by atoms with E-state index in [-0.39, 0.29) is 40.8 Å². The van der Waals surface area contributed by atoms with E-state index in [1.165, 1.54) is 16.2 Å². The second kappa shape index (κ2) is 11.6. The third-order valence-electron chi connectivity index (χ3n) is 7.62. The molecule has 2 aromatic heterocycles. The van der Waals surface area contributed by atoms with E-state index in [0.717, 1.165) is 43.4 Å². The van der Waals surface area contributed by atoms with Crippen molar-refractivity contribution in [1.82, 2.24) is 19.4 Å². The molecule has 2 fully saturated rings. The fraction of sp³-hybridized carbons (Fsp3) is 0.500. The number of nitrogens with zero attached hydrogens (tertiary/aromatic N) is 3. The summed E-state index contributed by atoms with van der Waals surface area (Å²) in [6.07, 6.45) is 7.46. The van der Waals surface area contributed by atoms with Gasteiger partial charge in [0.2, 0.25) is 5.91 Å². The van der Waals surface area contributed by atoms with Crippen LogP contribution in [0.1, 0.15) is 69.0 Å². The minimum absolute atomic E-state index is 0.0355. The number of fused-ring (bicyclic) bond motifs is 1. The molecule has 37 heavy (non-hydrogen) atoms. The number of carbonyl (C=O) groups excluding carboxylic acids is 1. The molecule has 3 heterocycles. The fourth-order valence-corrected chi connectivity index (χ4v) is 6.76. The second-order valence-electron chi connectivity index (χ2n) is 10.1. The Morgan fingerprint density at radius 2 is 1.70 bits per heavy atom. The number of thioether (sulfide) groups is 1. The van der Waals surface area contributed by atoms with Crippen LogP contribution in [0.25, 0.3) is 11.0 Å². The number of halogens is 1. The smallest absolute Gasteiger partial charge is 0.333 e. The van der Waals surface area contributed by atoms with Crippen molar-refractivity contribution in [1.29, 1.82) is 0 Å². The Balaban J connectivity index is 1.28. The van der Waals surface area contributed by atoms with E-state index in [2.05, 4.69) is 22.4 Å². The molecule has 3 aromatic rings. The lowest BCUT2D eigenvalue weighted by Crippen LogP contribution is -2.46. The highest BCUT2D eigenvalue weighted by Crippen LogP contribution is 2.30. The molecule has 5 rings (SSSR count). The molecule has 0 spiro atoms. The minimum Gasteiger partial charge on any atom is -0.353 e. The van der Waals surface area contributed by atoms with Crippen LogP contribution in [0, 0.1) is 5.82 Å². The van der Waals surface area contributed by atoms with Crippen LogP contribution in [0.2, 0.25) is 0 Å². The van der Waals surface area contributed by atoms with Gasteiger partial charge in [-0.15, -0.1) is 0 Å². The molecule has 1 saturated heterocycles. The lowest BCUT2D eigenvalue weighted by atomic mass is 9.90. The van der Waals surface area contributed by atoms with Crippen molar-refractivity contribution < 1.29 is 9.18 Å². The monoisotopic (exact) mass is 524 g/mol. The number of rotatable bonds is 7. The third-order valence-corrected chi connectivity index (χ3v) is 8.67. The summed E-state index contributed by atoms with van der Waals surface area (Å²) in [4.78, 5) is 43.8. The van der Waals surface area contributed by atoms with Crippen molar-refractivity contribution in [3.8, 4) is 0 Å². The van der Waals surface area contributed by atoms with Gasteiger partial charge in [-0.1, -0.05) is 30.3 Å². The molecule has 196 valence electrons. The van der Waals surface area contributed by atoms with E-state index in [1.807, 2.05) is 30.0 Å². The topological polar surface area (TPSA) is 86.0 Å². The highest BCUT2D eigenvalue weighted by molar-refractivity contribution is 7.99. The van der Waals surface area contributed by atoms with Crippen LogP contribution in [-0.4, -0.2) is 37.6 Å². The van der Waals surface area contributed by atoms with Crippen molar-refractivity contribution >= 4 is 28.7 Å². The average Bonchev–Trinajstić information content (AvgIpc) is 2.91. The second-order valence-corrected chi connectivity index (χ2v) is 11.3. The van der Waals surface area contributed by atoms with Crippen molar-refractivity contribution in [3.63, 3.8) is 0 Å². The quantitative estimate of drug-likeness (QED) is 0.496. The first kappa shape index (κ1) is 25.7. The fourth-order valence-electron chi connectivity index (χ4n) is 5.68. The van der Waals surface area contributed by atoms with Crippen molar-refractivity contribution in [3.05, 3.63) is 74.8 Å². The maximum absolute atomic E-state index is 14.1. The lowest BCUT2D eigenvalue weighted by molar-refractivity contribution is -0.122. The van der Waals surface area contributed by atoms with E-state index < -0.39 is 11.4 Å². The summed E-state index contributed by atoms with van der Waals surface area (Å²) in [6, 6.07) is 11.0. The van der Waals surface area contributed by atoms with E-state index in [1.54, 1.807) is 4.57 Å². The van der Waals surface area contributed by atoms with Crippen molar-refractivity contribution in [2.75, 3.05) is 11.5 Å². The number of aryl methyl sites for hydroxylation is 1. The van der Waals surface area contributed by atoms with Gasteiger partial charge in [0.05, 0.1) is 11.6 Å². The largest absolute Gasteiger partial charge is 0.353 e. The molecule has 1 N–H and O–H groups in total. The molecule has 0 atom stereocenters. The zero-order valence-electron chi connectivity index (χ0n) is 20.9. The number of pyridine rings is 1. The third kappa shape index (κ3) is 5.81. The zero-order chi connectivity index (χ0) is 25.8. The first-order chi connectivity index (χ1) is 18.0. The van der Waals surface area contributed by atoms with Crippen LogP contribution in [0.3, 0.4) is 0 Å². The average molecular weight is 525 g/mol. The number of nitrogens with one attached hydrogen (secondary N) is 1. The predicted molar refractivity (Wildman–Crippen MR) is 145 cm³/mol. The Labute approximate surface area is 219 Å². The van der Waals surface area contributed by atoms with E-state index in [9.17, 15) is 18.8 Å². The minimum atomic E-state index is -0.584. The molecule has 1 aromatic carbocycles. The van der Waals surface area contributed by atoms with Crippen molar-refractivity contribution in [2.45, 2.75) is 75.9 Å². The number of carbonyl (C=O) groups is 1. The molecular weight excluding hydrogens is 491 g/mol. The first-order valence-corrected chi connectivity index (χ1v) is 14.4. The SMILES string of the molecule is O=C(CCCc1ccccc1)NC1CCC(n2c(=O)c3cc(F)cnc3n(C3CCSCC3)c2=O)CC1. The van der Waals surface area contributed by atoms with Gasteiger partial charge in [-0.25, -0.2) is 14.2 Å². The van der Waals surface area contributed by atoms with E-state index >= 15 is 0 Å². The van der Waals surface area contributed by atoms with Crippen LogP contribution in [-0.2, 0) is 11.2 Å². The maximum atomic E-state index is 14.1. The lowest BCUT2D eigenvalue weighted by Gasteiger charge is -2.31. The number of benzene rings is 1. The van der Waals surface area contributed by atoms with Crippen LogP contribution in [0.4, 0.5) is 4.39 Å². The molecule has 1 aliphatic carbocycles. The molecule has 1 amide bonds. The Hall–Kier alpha value is -2.94. The maximum Gasteiger partial charge on any atom is 0.333 e. The molecule has 0 radical (unpaired) electrons. The number of aromatic nitrogens is 3. The summed E-state index contributed by atoms with van der Waals surface area (Å²) < 4.78 is 17.1. The van der Waals surface area contributed by atoms with Gasteiger partial charge in [0.25, 0.3) is 5.56 Å². The summed E-state index contributed by atoms with van der Waals surface area (Å²) >= 11 is 1.85. The Morgan fingerprint density at radius 3 is 2.43 bits per heavy atom. The van der Waals surface area contributed by atoms with Gasteiger partial charge in [0.15, 0.2) is 0 Å². The van der Waals surface area contributed by atoms with Crippen LogP contribution < -0.4 is 16.6 Å². The summed E-state index contributed by atoms with van der Waals surface area (Å²) in [5, 5.41) is 3.29. The molecule has 1 saturated carbocycles. The zero-order valence-corrected chi connectivity index (χ0v) is 21.7.